The molecule has 15 heavy (non-hydrogen) atoms. The van der Waals surface area contributed by atoms with Crippen molar-refractivity contribution in [3.05, 3.63) is 12.0 Å². The van der Waals surface area contributed by atoms with Gasteiger partial charge in [0.2, 0.25) is 5.95 Å². The van der Waals surface area contributed by atoms with Crippen molar-refractivity contribution in [3.63, 3.8) is 0 Å². The maximum atomic E-state index is 13.4. The van der Waals surface area contributed by atoms with Crippen LogP contribution in [0.3, 0.4) is 0 Å². The van der Waals surface area contributed by atoms with E-state index in [1.807, 2.05) is 20.9 Å². The number of rotatable bonds is 5. The second kappa shape index (κ2) is 5.48. The number of hydrogen-bond donors (Lipinski definition) is 1. The van der Waals surface area contributed by atoms with Gasteiger partial charge in [-0.25, -0.2) is 9.37 Å². The van der Waals surface area contributed by atoms with Crippen LogP contribution in [0.2, 0.25) is 0 Å². The standard InChI is InChI=1S/C10H17FN4/c1-4-6-15(3)9-8(11)7-13-10(14-9)12-5-2/h7H,4-6H2,1-3H3,(H,12,13,14). The normalized spacial score (nSPS) is 10.1. The fourth-order valence-electron chi connectivity index (χ4n) is 1.31. The Kier molecular flexibility index (Phi) is 4.27. The SMILES string of the molecule is CCCN(C)c1nc(NCC)ncc1F. The van der Waals surface area contributed by atoms with E-state index in [0.29, 0.717) is 11.8 Å². The Morgan fingerprint density at radius 2 is 2.20 bits per heavy atom. The van der Waals surface area contributed by atoms with E-state index in [1.165, 1.54) is 6.20 Å². The molecule has 1 aromatic heterocycles. The Labute approximate surface area is 89.5 Å². The molecule has 1 heterocycles. The topological polar surface area (TPSA) is 41.1 Å². The molecule has 0 spiro atoms. The molecule has 84 valence electrons. The molecule has 0 amide bonds. The number of nitrogens with one attached hydrogen (secondary N) is 1. The van der Waals surface area contributed by atoms with Gasteiger partial charge in [-0.15, -0.1) is 0 Å². The Morgan fingerprint density at radius 1 is 1.47 bits per heavy atom. The molecule has 0 fully saturated rings. The lowest BCUT2D eigenvalue weighted by Gasteiger charge is -2.18. The lowest BCUT2D eigenvalue weighted by Crippen LogP contribution is -2.21. The summed E-state index contributed by atoms with van der Waals surface area (Å²) in [6.07, 6.45) is 2.16. The minimum absolute atomic E-state index is 0.350. The Morgan fingerprint density at radius 3 is 2.80 bits per heavy atom. The molecule has 0 atom stereocenters. The van der Waals surface area contributed by atoms with Gasteiger partial charge in [-0.1, -0.05) is 6.92 Å². The van der Waals surface area contributed by atoms with Gasteiger partial charge in [-0.2, -0.15) is 4.98 Å². The Balaban J connectivity index is 2.89. The first kappa shape index (κ1) is 11.7. The molecular formula is C10H17FN4. The fraction of sp³-hybridized carbons (Fsp3) is 0.600. The van der Waals surface area contributed by atoms with Gasteiger partial charge in [0.15, 0.2) is 11.6 Å². The molecule has 0 aliphatic rings. The van der Waals surface area contributed by atoms with Crippen LogP contribution >= 0.6 is 0 Å². The second-order valence-corrected chi connectivity index (χ2v) is 3.32. The van der Waals surface area contributed by atoms with E-state index in [0.717, 1.165) is 19.5 Å². The third-order valence-electron chi connectivity index (χ3n) is 1.98. The molecule has 5 heteroatoms. The van der Waals surface area contributed by atoms with E-state index >= 15 is 0 Å². The molecule has 0 saturated carbocycles. The highest BCUT2D eigenvalue weighted by Crippen LogP contribution is 2.15. The maximum Gasteiger partial charge on any atom is 0.224 e. The van der Waals surface area contributed by atoms with Crippen LogP contribution in [-0.2, 0) is 0 Å². The molecule has 1 aromatic rings. The molecule has 0 unspecified atom stereocenters. The average Bonchev–Trinajstić information content (AvgIpc) is 2.21. The number of hydrogen-bond acceptors (Lipinski definition) is 4. The maximum absolute atomic E-state index is 13.4. The molecule has 0 bridgehead atoms. The van der Waals surface area contributed by atoms with Crippen LogP contribution in [0, 0.1) is 5.82 Å². The summed E-state index contributed by atoms with van der Waals surface area (Å²) in [6.45, 7) is 5.49. The largest absolute Gasteiger partial charge is 0.357 e. The van der Waals surface area contributed by atoms with Crippen molar-refractivity contribution in [1.29, 1.82) is 0 Å². The van der Waals surface area contributed by atoms with Gasteiger partial charge < -0.3 is 10.2 Å². The molecule has 0 aromatic carbocycles. The zero-order valence-corrected chi connectivity index (χ0v) is 9.42. The molecular weight excluding hydrogens is 195 g/mol. The van der Waals surface area contributed by atoms with Crippen molar-refractivity contribution in [2.45, 2.75) is 20.3 Å². The van der Waals surface area contributed by atoms with Crippen LogP contribution in [-0.4, -0.2) is 30.1 Å². The summed E-state index contributed by atoms with van der Waals surface area (Å²) in [4.78, 5) is 9.75. The van der Waals surface area contributed by atoms with Crippen LogP contribution in [0.5, 0.6) is 0 Å². The van der Waals surface area contributed by atoms with Crippen molar-refractivity contribution in [2.24, 2.45) is 0 Å². The smallest absolute Gasteiger partial charge is 0.224 e. The first-order valence-electron chi connectivity index (χ1n) is 5.16. The highest BCUT2D eigenvalue weighted by molar-refractivity contribution is 5.42. The minimum Gasteiger partial charge on any atom is -0.357 e. The first-order valence-corrected chi connectivity index (χ1v) is 5.16. The van der Waals surface area contributed by atoms with Gasteiger partial charge in [0.25, 0.3) is 0 Å². The van der Waals surface area contributed by atoms with Crippen molar-refractivity contribution >= 4 is 11.8 Å². The lowest BCUT2D eigenvalue weighted by molar-refractivity contribution is 0.607. The van der Waals surface area contributed by atoms with Crippen molar-refractivity contribution in [3.8, 4) is 0 Å². The molecule has 4 nitrogen and oxygen atoms in total. The number of nitrogens with zero attached hydrogens (tertiary/aromatic N) is 3. The fourth-order valence-corrected chi connectivity index (χ4v) is 1.31. The van der Waals surface area contributed by atoms with Gasteiger partial charge in [0, 0.05) is 20.1 Å². The second-order valence-electron chi connectivity index (χ2n) is 3.32. The van der Waals surface area contributed by atoms with Crippen molar-refractivity contribution in [2.75, 3.05) is 30.4 Å². The quantitative estimate of drug-likeness (QED) is 0.809. The molecule has 1 rings (SSSR count). The number of anilines is 2. The van der Waals surface area contributed by atoms with E-state index in [9.17, 15) is 4.39 Å². The highest BCUT2D eigenvalue weighted by atomic mass is 19.1. The summed E-state index contributed by atoms with van der Waals surface area (Å²) in [5, 5.41) is 2.96. The summed E-state index contributed by atoms with van der Waals surface area (Å²) in [5.74, 6) is 0.437. The Bertz CT molecular complexity index is 316. The van der Waals surface area contributed by atoms with E-state index in [1.54, 1.807) is 4.90 Å². The van der Waals surface area contributed by atoms with Crippen LogP contribution < -0.4 is 10.2 Å². The third kappa shape index (κ3) is 3.04. The monoisotopic (exact) mass is 212 g/mol. The number of halogens is 1. The predicted molar refractivity (Wildman–Crippen MR) is 59.7 cm³/mol. The summed E-state index contributed by atoms with van der Waals surface area (Å²) < 4.78 is 13.4. The van der Waals surface area contributed by atoms with Crippen molar-refractivity contribution in [1.82, 2.24) is 9.97 Å². The molecule has 0 saturated heterocycles. The Hall–Kier alpha value is -1.39. The average molecular weight is 212 g/mol. The lowest BCUT2D eigenvalue weighted by atomic mass is 10.4. The van der Waals surface area contributed by atoms with Gasteiger partial charge >= 0.3 is 0 Å². The summed E-state index contributed by atoms with van der Waals surface area (Å²) in [6, 6.07) is 0. The third-order valence-corrected chi connectivity index (χ3v) is 1.98. The minimum atomic E-state index is -0.382. The van der Waals surface area contributed by atoms with Crippen molar-refractivity contribution < 1.29 is 4.39 Å². The van der Waals surface area contributed by atoms with E-state index in [4.69, 9.17) is 0 Å². The van der Waals surface area contributed by atoms with Gasteiger partial charge in [0.05, 0.1) is 6.20 Å². The van der Waals surface area contributed by atoms with Gasteiger partial charge in [-0.3, -0.25) is 0 Å². The van der Waals surface area contributed by atoms with Crippen LogP contribution in [0.25, 0.3) is 0 Å². The molecule has 1 N–H and O–H groups in total. The zero-order chi connectivity index (χ0) is 11.3. The first-order chi connectivity index (χ1) is 7.19. The molecule has 0 aliphatic carbocycles. The van der Waals surface area contributed by atoms with E-state index in [2.05, 4.69) is 15.3 Å². The van der Waals surface area contributed by atoms with Crippen LogP contribution in [0.4, 0.5) is 16.2 Å². The molecule has 0 radical (unpaired) electrons. The predicted octanol–water partition coefficient (Wildman–Crippen LogP) is 1.89. The van der Waals surface area contributed by atoms with Crippen LogP contribution in [0.1, 0.15) is 20.3 Å². The number of aromatic nitrogens is 2. The highest BCUT2D eigenvalue weighted by Gasteiger charge is 2.10. The van der Waals surface area contributed by atoms with Gasteiger partial charge in [0.1, 0.15) is 0 Å². The van der Waals surface area contributed by atoms with Crippen LogP contribution in [0.15, 0.2) is 6.20 Å². The molecule has 0 aliphatic heterocycles. The summed E-state index contributed by atoms with van der Waals surface area (Å²) in [7, 11) is 1.82. The zero-order valence-electron chi connectivity index (χ0n) is 9.42. The van der Waals surface area contributed by atoms with E-state index < -0.39 is 0 Å². The van der Waals surface area contributed by atoms with E-state index in [-0.39, 0.29) is 5.82 Å². The summed E-state index contributed by atoms with van der Waals surface area (Å²) in [5.41, 5.74) is 0. The van der Waals surface area contributed by atoms with Gasteiger partial charge in [-0.05, 0) is 13.3 Å². The summed E-state index contributed by atoms with van der Waals surface area (Å²) >= 11 is 0.